The maximum absolute atomic E-state index is 12.7. The molecule has 2 aromatic carbocycles. The first-order valence-corrected chi connectivity index (χ1v) is 10.9. The summed E-state index contributed by atoms with van der Waals surface area (Å²) in [5.74, 6) is -0.527. The summed E-state index contributed by atoms with van der Waals surface area (Å²) in [6.07, 6.45) is 0.874. The van der Waals surface area contributed by atoms with Crippen molar-refractivity contribution in [1.82, 2.24) is 5.32 Å². The number of hydrogen-bond acceptors (Lipinski definition) is 8. The second kappa shape index (κ2) is 9.05. The number of nitrogens with one attached hydrogen (secondary N) is 1. The Hall–Kier alpha value is -3.31. The third-order valence-corrected chi connectivity index (χ3v) is 5.46. The molecule has 32 heavy (non-hydrogen) atoms. The zero-order valence-electron chi connectivity index (χ0n) is 17.9. The third-order valence-electron chi connectivity index (χ3n) is 5.08. The van der Waals surface area contributed by atoms with Crippen molar-refractivity contribution in [2.75, 3.05) is 21.3 Å². The van der Waals surface area contributed by atoms with Gasteiger partial charge in [0.2, 0.25) is 17.1 Å². The molecule has 2 aromatic rings. The molecule has 1 unspecified atom stereocenters. The molecule has 0 aliphatic heterocycles. The molecule has 11 heteroatoms. The monoisotopic (exact) mass is 465 g/mol. The summed E-state index contributed by atoms with van der Waals surface area (Å²) < 4.78 is 53.0. The van der Waals surface area contributed by atoms with Gasteiger partial charge in [0.15, 0.2) is 17.2 Å². The first-order chi connectivity index (χ1) is 15.1. The van der Waals surface area contributed by atoms with E-state index in [4.69, 9.17) is 18.4 Å². The van der Waals surface area contributed by atoms with Crippen LogP contribution < -0.4 is 29.1 Å². The highest BCUT2D eigenvalue weighted by molar-refractivity contribution is 7.81. The van der Waals surface area contributed by atoms with E-state index >= 15 is 0 Å². The van der Waals surface area contributed by atoms with Gasteiger partial charge in [-0.1, -0.05) is 6.07 Å². The molecule has 1 atom stereocenters. The first kappa shape index (κ1) is 23.4. The second-order valence-corrected chi connectivity index (χ2v) is 8.08. The van der Waals surface area contributed by atoms with E-state index in [2.05, 4.69) is 5.32 Å². The molecule has 172 valence electrons. The van der Waals surface area contributed by atoms with Crippen molar-refractivity contribution in [1.29, 1.82) is 0 Å². The van der Waals surface area contributed by atoms with E-state index in [1.807, 2.05) is 0 Å². The molecule has 0 bridgehead atoms. The van der Waals surface area contributed by atoms with Crippen LogP contribution >= 0.6 is 0 Å². The van der Waals surface area contributed by atoms with E-state index in [-0.39, 0.29) is 28.9 Å². The van der Waals surface area contributed by atoms with Crippen LogP contribution in [0, 0.1) is 0 Å². The molecule has 0 radical (unpaired) electrons. The third kappa shape index (κ3) is 4.63. The van der Waals surface area contributed by atoms with Crippen LogP contribution in [0.3, 0.4) is 0 Å². The first-order valence-electron chi connectivity index (χ1n) is 9.54. The standard InChI is InChI=1S/C21H23NO9S/c1-11(23)22-15-7-5-12-9-18(29-3)20(31-32(25,26)27)21(30-4)19(12)13-6-8-17(28-2)16(24)10-14(13)15/h6,8-10,15H,5,7H2,1-4H3,(H,22,23)(H,25,26,27). The molecule has 3 rings (SSSR count). The van der Waals surface area contributed by atoms with E-state index in [9.17, 15) is 22.6 Å². The van der Waals surface area contributed by atoms with Gasteiger partial charge in [0.1, 0.15) is 0 Å². The van der Waals surface area contributed by atoms with Gasteiger partial charge in [0.05, 0.1) is 27.4 Å². The summed E-state index contributed by atoms with van der Waals surface area (Å²) >= 11 is 0. The minimum absolute atomic E-state index is 0.0145. The van der Waals surface area contributed by atoms with E-state index in [0.29, 0.717) is 35.1 Å². The lowest BCUT2D eigenvalue weighted by molar-refractivity contribution is -0.119. The summed E-state index contributed by atoms with van der Waals surface area (Å²) in [5, 5.41) is 2.85. The van der Waals surface area contributed by atoms with E-state index in [1.165, 1.54) is 40.4 Å². The number of aryl methyl sites for hydroxylation is 1. The Morgan fingerprint density at radius 1 is 1.06 bits per heavy atom. The van der Waals surface area contributed by atoms with Crippen LogP contribution in [0.15, 0.2) is 29.1 Å². The molecule has 1 amide bonds. The van der Waals surface area contributed by atoms with Gasteiger partial charge in [-0.15, -0.1) is 0 Å². The Balaban J connectivity index is 2.44. The molecule has 1 aliphatic rings. The second-order valence-electron chi connectivity index (χ2n) is 7.06. The fraction of sp³-hybridized carbons (Fsp3) is 0.333. The van der Waals surface area contributed by atoms with Gasteiger partial charge in [-0.05, 0) is 47.7 Å². The molecule has 0 fully saturated rings. The van der Waals surface area contributed by atoms with Gasteiger partial charge < -0.3 is 23.7 Å². The number of ether oxygens (including phenoxy) is 3. The van der Waals surface area contributed by atoms with Crippen LogP contribution in [0.1, 0.15) is 30.5 Å². The maximum atomic E-state index is 12.7. The Morgan fingerprint density at radius 3 is 2.31 bits per heavy atom. The van der Waals surface area contributed by atoms with Gasteiger partial charge in [0.25, 0.3) is 0 Å². The number of benzene rings is 1. The average molecular weight is 465 g/mol. The topological polar surface area (TPSA) is 137 Å². The largest absolute Gasteiger partial charge is 0.493 e. The van der Waals surface area contributed by atoms with E-state index in [0.717, 1.165) is 0 Å². The summed E-state index contributed by atoms with van der Waals surface area (Å²) in [6.45, 7) is 1.38. The molecule has 2 N–H and O–H groups in total. The van der Waals surface area contributed by atoms with Crippen LogP contribution in [-0.4, -0.2) is 40.2 Å². The number of carbonyl (C=O) groups excluding carboxylic acids is 1. The quantitative estimate of drug-likeness (QED) is 0.614. The van der Waals surface area contributed by atoms with Crippen LogP contribution in [-0.2, 0) is 21.6 Å². The minimum Gasteiger partial charge on any atom is -0.493 e. The van der Waals surface area contributed by atoms with Crippen LogP contribution in [0.25, 0.3) is 11.1 Å². The van der Waals surface area contributed by atoms with Crippen molar-refractivity contribution < 1.29 is 36.2 Å². The fourth-order valence-corrected chi connectivity index (χ4v) is 4.22. The molecule has 0 saturated heterocycles. The normalized spacial score (nSPS) is 15.0. The van der Waals surface area contributed by atoms with Crippen molar-refractivity contribution in [3.05, 3.63) is 45.6 Å². The average Bonchev–Trinajstić information content (AvgIpc) is 2.95. The Bertz CT molecular complexity index is 1220. The molecule has 1 aliphatic carbocycles. The lowest BCUT2D eigenvalue weighted by Gasteiger charge is -2.19. The summed E-state index contributed by atoms with van der Waals surface area (Å²) in [4.78, 5) is 24.5. The van der Waals surface area contributed by atoms with Crippen LogP contribution in [0.5, 0.6) is 23.0 Å². The van der Waals surface area contributed by atoms with Gasteiger partial charge in [-0.2, -0.15) is 8.42 Å². The fourth-order valence-electron chi connectivity index (χ4n) is 3.85. The summed E-state index contributed by atoms with van der Waals surface area (Å²) in [6, 6.07) is 5.54. The zero-order valence-corrected chi connectivity index (χ0v) is 18.7. The number of fused-ring (bicyclic) bond motifs is 3. The summed E-state index contributed by atoms with van der Waals surface area (Å²) in [5.41, 5.74) is 1.74. The lowest BCUT2D eigenvalue weighted by Crippen LogP contribution is -2.26. The van der Waals surface area contributed by atoms with Gasteiger partial charge in [-0.3, -0.25) is 14.1 Å². The van der Waals surface area contributed by atoms with Gasteiger partial charge in [0, 0.05) is 12.5 Å². The smallest absolute Gasteiger partial charge is 0.446 e. The van der Waals surface area contributed by atoms with E-state index in [1.54, 1.807) is 12.1 Å². The highest BCUT2D eigenvalue weighted by atomic mass is 32.3. The van der Waals surface area contributed by atoms with Crippen molar-refractivity contribution in [2.24, 2.45) is 0 Å². The summed E-state index contributed by atoms with van der Waals surface area (Å²) in [7, 11) is -0.907. The van der Waals surface area contributed by atoms with E-state index < -0.39 is 21.9 Å². The SMILES string of the molecule is COc1cc2c(c(OC)c1OS(=O)(=O)O)-c1ccc(OC)c(=O)cc1C(NC(C)=O)CC2. The lowest BCUT2D eigenvalue weighted by atomic mass is 9.95. The number of amides is 1. The maximum Gasteiger partial charge on any atom is 0.446 e. The Kier molecular flexibility index (Phi) is 6.60. The number of carbonyl (C=O) groups is 1. The highest BCUT2D eigenvalue weighted by Crippen LogP contribution is 2.50. The van der Waals surface area contributed by atoms with Crippen LogP contribution in [0.2, 0.25) is 0 Å². The van der Waals surface area contributed by atoms with Gasteiger partial charge in [-0.25, -0.2) is 0 Å². The number of rotatable bonds is 6. The predicted octanol–water partition coefficient (Wildman–Crippen LogP) is 2.04. The molecule has 0 heterocycles. The minimum atomic E-state index is -4.90. The zero-order chi connectivity index (χ0) is 23.6. The Morgan fingerprint density at radius 2 is 1.75 bits per heavy atom. The van der Waals surface area contributed by atoms with Gasteiger partial charge >= 0.3 is 10.4 Å². The molecular weight excluding hydrogens is 442 g/mol. The predicted molar refractivity (Wildman–Crippen MR) is 115 cm³/mol. The van der Waals surface area contributed by atoms with Crippen LogP contribution in [0.4, 0.5) is 0 Å². The Labute approximate surface area is 185 Å². The molecular formula is C21H23NO9S. The number of methoxy groups -OCH3 is 3. The molecule has 0 spiro atoms. The van der Waals surface area contributed by atoms with Crippen molar-refractivity contribution in [3.8, 4) is 34.1 Å². The molecule has 0 aromatic heterocycles. The van der Waals surface area contributed by atoms with Crippen molar-refractivity contribution in [2.45, 2.75) is 25.8 Å². The van der Waals surface area contributed by atoms with Crippen molar-refractivity contribution in [3.63, 3.8) is 0 Å². The molecule has 0 saturated carbocycles. The number of hydrogen-bond donors (Lipinski definition) is 2. The molecule has 10 nitrogen and oxygen atoms in total. The van der Waals surface area contributed by atoms with Crippen molar-refractivity contribution >= 4 is 16.3 Å². The highest BCUT2D eigenvalue weighted by Gasteiger charge is 2.31.